The van der Waals surface area contributed by atoms with Gasteiger partial charge in [0.1, 0.15) is 5.60 Å². The molecular weight excluding hydrogens is 248 g/mol. The summed E-state index contributed by atoms with van der Waals surface area (Å²) in [6.07, 6.45) is -0.765. The van der Waals surface area contributed by atoms with Gasteiger partial charge in [-0.25, -0.2) is 10.2 Å². The number of carbonyl (C=O) groups excluding carboxylic acids is 1. The number of nitrogens with zero attached hydrogens (tertiary/aromatic N) is 1. The maximum absolute atomic E-state index is 11.6. The molecule has 0 unspecified atom stereocenters. The lowest BCUT2D eigenvalue weighted by atomic mass is 10.2. The molecule has 3 N–H and O–H groups in total. The van der Waals surface area contributed by atoms with Crippen LogP contribution in [-0.2, 0) is 4.74 Å². The van der Waals surface area contributed by atoms with Gasteiger partial charge in [-0.15, -0.1) is 0 Å². The Bertz CT molecular complexity index is 586. The first-order chi connectivity index (χ1) is 8.79. The van der Waals surface area contributed by atoms with Crippen LogP contribution in [0.15, 0.2) is 24.3 Å². The number of hydrogen-bond acceptors (Lipinski definition) is 4. The second kappa shape index (κ2) is 4.38. The number of ether oxygens (including phenoxy) is 1. The Kier molecular flexibility index (Phi) is 3.01. The van der Waals surface area contributed by atoms with Crippen LogP contribution in [0.2, 0.25) is 0 Å². The fourth-order valence-corrected chi connectivity index (χ4v) is 1.71. The molecule has 0 saturated heterocycles. The number of benzene rings is 1. The van der Waals surface area contributed by atoms with Crippen molar-refractivity contribution in [1.29, 1.82) is 0 Å². The van der Waals surface area contributed by atoms with Crippen LogP contribution in [0.3, 0.4) is 0 Å². The van der Waals surface area contributed by atoms with E-state index in [0.29, 0.717) is 10.8 Å². The van der Waals surface area contributed by atoms with Gasteiger partial charge in [-0.1, -0.05) is 12.1 Å². The van der Waals surface area contributed by atoms with Crippen molar-refractivity contribution >= 4 is 16.9 Å². The third-order valence-electron chi connectivity index (χ3n) is 2.43. The quantitative estimate of drug-likeness (QED) is 0.739. The van der Waals surface area contributed by atoms with E-state index in [2.05, 4.69) is 5.43 Å². The first-order valence-corrected chi connectivity index (χ1v) is 5.81. The number of nitrogens with one attached hydrogen (secondary N) is 1. The number of rotatable bonds is 1. The van der Waals surface area contributed by atoms with Crippen LogP contribution >= 0.6 is 0 Å². The molecule has 1 aromatic heterocycles. The van der Waals surface area contributed by atoms with Crippen molar-refractivity contribution in [2.24, 2.45) is 0 Å². The number of carbonyl (C=O) groups is 1. The molecule has 0 bridgehead atoms. The van der Waals surface area contributed by atoms with E-state index in [0.717, 1.165) is 4.68 Å². The largest absolute Gasteiger partial charge is 0.493 e. The van der Waals surface area contributed by atoms with Crippen LogP contribution in [-0.4, -0.2) is 26.6 Å². The van der Waals surface area contributed by atoms with Crippen LogP contribution in [0.4, 0.5) is 4.79 Å². The van der Waals surface area contributed by atoms with Gasteiger partial charge >= 0.3 is 6.09 Å². The fourth-order valence-electron chi connectivity index (χ4n) is 1.71. The Labute approximate surface area is 110 Å². The molecule has 0 spiro atoms. The van der Waals surface area contributed by atoms with E-state index in [1.165, 1.54) is 0 Å². The molecule has 19 heavy (non-hydrogen) atoms. The van der Waals surface area contributed by atoms with Crippen LogP contribution < -0.4 is 5.43 Å². The van der Waals surface area contributed by atoms with Gasteiger partial charge in [0.05, 0.1) is 0 Å². The van der Waals surface area contributed by atoms with E-state index in [9.17, 15) is 15.0 Å². The average molecular weight is 264 g/mol. The number of amides is 1. The molecule has 0 radical (unpaired) electrons. The van der Waals surface area contributed by atoms with Crippen molar-refractivity contribution in [3.8, 4) is 11.8 Å². The van der Waals surface area contributed by atoms with Gasteiger partial charge in [-0.05, 0) is 32.9 Å². The second-order valence-electron chi connectivity index (χ2n) is 5.14. The summed E-state index contributed by atoms with van der Waals surface area (Å²) in [5.41, 5.74) is 1.62. The Morgan fingerprint density at radius 3 is 2.05 bits per heavy atom. The summed E-state index contributed by atoms with van der Waals surface area (Å²) in [6.45, 7) is 5.16. The van der Waals surface area contributed by atoms with Crippen molar-refractivity contribution in [2.75, 3.05) is 5.43 Å². The molecule has 1 amide bonds. The van der Waals surface area contributed by atoms with Gasteiger partial charge in [0.15, 0.2) is 0 Å². The van der Waals surface area contributed by atoms with Gasteiger partial charge in [-0.3, -0.25) is 0 Å². The Morgan fingerprint density at radius 1 is 1.16 bits per heavy atom. The van der Waals surface area contributed by atoms with Crippen LogP contribution in [0.25, 0.3) is 10.8 Å². The van der Waals surface area contributed by atoms with Crippen molar-refractivity contribution in [2.45, 2.75) is 26.4 Å². The third kappa shape index (κ3) is 2.57. The molecule has 0 aliphatic heterocycles. The van der Waals surface area contributed by atoms with Crippen LogP contribution in [0, 0.1) is 0 Å². The Morgan fingerprint density at radius 2 is 1.63 bits per heavy atom. The molecule has 1 heterocycles. The lowest BCUT2D eigenvalue weighted by molar-refractivity contribution is 0.0608. The number of hydrogen-bond donors (Lipinski definition) is 3. The molecular formula is C13H16N2O4. The standard InChI is InChI=1S/C13H16N2O4/c1-13(2,3)19-12(18)14-15-10(16)8-6-4-5-7-9(8)11(15)17/h4-7,16-17H,1-3H3,(H,14,18). The highest BCUT2D eigenvalue weighted by molar-refractivity contribution is 5.94. The predicted molar refractivity (Wildman–Crippen MR) is 70.9 cm³/mol. The molecule has 0 atom stereocenters. The molecule has 1 aromatic carbocycles. The zero-order chi connectivity index (χ0) is 14.2. The number of aromatic hydroxyl groups is 2. The summed E-state index contributed by atoms with van der Waals surface area (Å²) in [5.74, 6) is -0.502. The van der Waals surface area contributed by atoms with Crippen LogP contribution in [0.1, 0.15) is 20.8 Å². The monoisotopic (exact) mass is 264 g/mol. The van der Waals surface area contributed by atoms with Crippen molar-refractivity contribution < 1.29 is 19.7 Å². The topological polar surface area (TPSA) is 83.7 Å². The maximum Gasteiger partial charge on any atom is 0.427 e. The van der Waals surface area contributed by atoms with E-state index in [1.54, 1.807) is 45.0 Å². The summed E-state index contributed by atoms with van der Waals surface area (Å²) in [6, 6.07) is 6.72. The van der Waals surface area contributed by atoms with Gasteiger partial charge in [0.25, 0.3) is 0 Å². The van der Waals surface area contributed by atoms with Crippen molar-refractivity contribution in [3.05, 3.63) is 24.3 Å². The summed E-state index contributed by atoms with van der Waals surface area (Å²) in [7, 11) is 0. The maximum atomic E-state index is 11.6. The van der Waals surface area contributed by atoms with E-state index in [4.69, 9.17) is 4.74 Å². The van der Waals surface area contributed by atoms with E-state index in [1.807, 2.05) is 0 Å². The number of fused-ring (bicyclic) bond motifs is 1. The predicted octanol–water partition coefficient (Wildman–Crippen LogP) is 2.53. The molecule has 6 nitrogen and oxygen atoms in total. The second-order valence-corrected chi connectivity index (χ2v) is 5.14. The minimum atomic E-state index is -0.765. The smallest absolute Gasteiger partial charge is 0.427 e. The van der Waals surface area contributed by atoms with Gasteiger partial charge in [0, 0.05) is 10.8 Å². The van der Waals surface area contributed by atoms with E-state index < -0.39 is 11.7 Å². The zero-order valence-electron chi connectivity index (χ0n) is 11.0. The van der Waals surface area contributed by atoms with Gasteiger partial charge in [0.2, 0.25) is 11.8 Å². The van der Waals surface area contributed by atoms with Crippen LogP contribution in [0.5, 0.6) is 11.8 Å². The van der Waals surface area contributed by atoms with Crippen molar-refractivity contribution in [1.82, 2.24) is 4.68 Å². The lowest BCUT2D eigenvalue weighted by Crippen LogP contribution is -2.31. The van der Waals surface area contributed by atoms with E-state index >= 15 is 0 Å². The number of aromatic nitrogens is 1. The minimum absolute atomic E-state index is 0.251. The molecule has 2 rings (SSSR count). The van der Waals surface area contributed by atoms with E-state index in [-0.39, 0.29) is 11.8 Å². The summed E-state index contributed by atoms with van der Waals surface area (Å²) < 4.78 is 5.94. The average Bonchev–Trinajstić information content (AvgIpc) is 2.53. The highest BCUT2D eigenvalue weighted by Crippen LogP contribution is 2.34. The Hall–Kier alpha value is -2.37. The molecule has 2 aromatic rings. The summed E-state index contributed by atoms with van der Waals surface area (Å²) in [5, 5.41) is 20.8. The first-order valence-electron chi connectivity index (χ1n) is 5.81. The lowest BCUT2D eigenvalue weighted by Gasteiger charge is -2.20. The third-order valence-corrected chi connectivity index (χ3v) is 2.43. The molecule has 102 valence electrons. The minimum Gasteiger partial charge on any atom is -0.493 e. The normalized spacial score (nSPS) is 11.5. The summed E-state index contributed by atoms with van der Waals surface area (Å²) in [4.78, 5) is 11.6. The molecule has 0 aliphatic carbocycles. The zero-order valence-corrected chi connectivity index (χ0v) is 11.0. The molecule has 6 heteroatoms. The Balaban J connectivity index is 2.33. The van der Waals surface area contributed by atoms with Crippen molar-refractivity contribution in [3.63, 3.8) is 0 Å². The molecule has 0 fully saturated rings. The van der Waals surface area contributed by atoms with Gasteiger partial charge in [-0.2, -0.15) is 4.68 Å². The first kappa shape index (κ1) is 13.1. The van der Waals surface area contributed by atoms with Gasteiger partial charge < -0.3 is 14.9 Å². The highest BCUT2D eigenvalue weighted by atomic mass is 16.6. The fraction of sp³-hybridized carbons (Fsp3) is 0.308. The highest BCUT2D eigenvalue weighted by Gasteiger charge is 2.20. The summed E-state index contributed by atoms with van der Waals surface area (Å²) >= 11 is 0. The molecule has 0 aliphatic rings. The molecule has 0 saturated carbocycles. The SMILES string of the molecule is CC(C)(C)OC(=O)Nn1c(O)c2ccccc2c1O.